The van der Waals surface area contributed by atoms with Crippen molar-refractivity contribution in [2.75, 3.05) is 24.9 Å². The van der Waals surface area contributed by atoms with E-state index in [0.29, 0.717) is 17.2 Å². The van der Waals surface area contributed by atoms with Crippen molar-refractivity contribution in [3.05, 3.63) is 47.8 Å². The van der Waals surface area contributed by atoms with E-state index in [1.54, 1.807) is 12.1 Å². The predicted octanol–water partition coefficient (Wildman–Crippen LogP) is 3.05. The van der Waals surface area contributed by atoms with Gasteiger partial charge in [-0.3, -0.25) is 9.59 Å². The molecular formula is C17H17FN2O4. The van der Waals surface area contributed by atoms with Gasteiger partial charge in [-0.15, -0.1) is 0 Å². The van der Waals surface area contributed by atoms with E-state index in [2.05, 4.69) is 10.6 Å². The van der Waals surface area contributed by atoms with Gasteiger partial charge >= 0.3 is 0 Å². The molecule has 2 aromatic carbocycles. The van der Waals surface area contributed by atoms with E-state index >= 15 is 0 Å². The first-order chi connectivity index (χ1) is 11.4. The Bertz CT molecular complexity index is 777. The number of benzene rings is 2. The summed E-state index contributed by atoms with van der Waals surface area (Å²) in [5, 5.41) is 4.99. The highest BCUT2D eigenvalue weighted by Gasteiger charge is 2.15. The Hall–Kier alpha value is -3.09. The zero-order chi connectivity index (χ0) is 17.7. The summed E-state index contributed by atoms with van der Waals surface area (Å²) >= 11 is 0. The lowest BCUT2D eigenvalue weighted by Gasteiger charge is -2.12. The topological polar surface area (TPSA) is 76.7 Å². The number of hydrogen-bond acceptors (Lipinski definition) is 4. The van der Waals surface area contributed by atoms with Crippen LogP contribution in [0.4, 0.5) is 15.8 Å². The Kier molecular flexibility index (Phi) is 5.36. The van der Waals surface area contributed by atoms with Crippen LogP contribution in [0.15, 0.2) is 36.4 Å². The van der Waals surface area contributed by atoms with E-state index in [9.17, 15) is 14.0 Å². The van der Waals surface area contributed by atoms with Crippen LogP contribution in [0.3, 0.4) is 0 Å². The first-order valence-corrected chi connectivity index (χ1v) is 7.05. The molecule has 2 rings (SSSR count). The molecule has 0 aliphatic carbocycles. The van der Waals surface area contributed by atoms with Crippen molar-refractivity contribution in [3.8, 4) is 11.5 Å². The fraction of sp³-hybridized carbons (Fsp3) is 0.176. The highest BCUT2D eigenvalue weighted by atomic mass is 19.1. The van der Waals surface area contributed by atoms with E-state index < -0.39 is 17.6 Å². The smallest absolute Gasteiger partial charge is 0.259 e. The van der Waals surface area contributed by atoms with Crippen LogP contribution in [0, 0.1) is 5.82 Å². The first kappa shape index (κ1) is 17.3. The number of anilines is 2. The number of amides is 2. The van der Waals surface area contributed by atoms with Crippen LogP contribution < -0.4 is 20.1 Å². The third kappa shape index (κ3) is 4.01. The molecule has 2 N–H and O–H groups in total. The molecule has 0 unspecified atom stereocenters. The minimum atomic E-state index is -0.595. The minimum Gasteiger partial charge on any atom is -0.497 e. The van der Waals surface area contributed by atoms with E-state index in [1.807, 2.05) is 0 Å². The van der Waals surface area contributed by atoms with Crippen LogP contribution in [0.25, 0.3) is 0 Å². The lowest BCUT2D eigenvalue weighted by molar-refractivity contribution is -0.114. The average molecular weight is 332 g/mol. The van der Waals surface area contributed by atoms with Gasteiger partial charge in [-0.25, -0.2) is 4.39 Å². The summed E-state index contributed by atoms with van der Waals surface area (Å²) in [7, 11) is 2.94. The monoisotopic (exact) mass is 332 g/mol. The van der Waals surface area contributed by atoms with Gasteiger partial charge in [-0.1, -0.05) is 0 Å². The van der Waals surface area contributed by atoms with E-state index in [0.717, 1.165) is 6.07 Å². The highest BCUT2D eigenvalue weighted by molar-refractivity contribution is 6.06. The van der Waals surface area contributed by atoms with Crippen LogP contribution in [0.5, 0.6) is 11.5 Å². The largest absolute Gasteiger partial charge is 0.497 e. The normalized spacial score (nSPS) is 10.0. The van der Waals surface area contributed by atoms with Crippen LogP contribution in [-0.2, 0) is 4.79 Å². The maximum Gasteiger partial charge on any atom is 0.259 e. The number of carbonyl (C=O) groups excluding carboxylic acids is 2. The van der Waals surface area contributed by atoms with Gasteiger partial charge in [0.15, 0.2) is 0 Å². The molecule has 0 fully saturated rings. The molecule has 0 radical (unpaired) electrons. The van der Waals surface area contributed by atoms with Crippen LogP contribution in [-0.4, -0.2) is 26.0 Å². The second-order valence-electron chi connectivity index (χ2n) is 4.90. The molecule has 24 heavy (non-hydrogen) atoms. The third-order valence-electron chi connectivity index (χ3n) is 3.19. The first-order valence-electron chi connectivity index (χ1n) is 7.05. The number of nitrogens with one attached hydrogen (secondary N) is 2. The van der Waals surface area contributed by atoms with Crippen molar-refractivity contribution >= 4 is 23.2 Å². The summed E-state index contributed by atoms with van der Waals surface area (Å²) in [6, 6.07) is 8.70. The maximum atomic E-state index is 13.6. The molecule has 0 atom stereocenters. The van der Waals surface area contributed by atoms with Gasteiger partial charge in [-0.05, 0) is 36.4 Å². The van der Waals surface area contributed by atoms with Crippen molar-refractivity contribution in [2.45, 2.75) is 6.92 Å². The molecule has 0 bridgehead atoms. The van der Waals surface area contributed by atoms with Crippen molar-refractivity contribution < 1.29 is 23.5 Å². The lowest BCUT2D eigenvalue weighted by atomic mass is 10.1. The Balaban J connectivity index is 2.28. The molecule has 0 saturated carbocycles. The summed E-state index contributed by atoms with van der Waals surface area (Å²) in [6.45, 7) is 1.27. The molecule has 2 aromatic rings. The average Bonchev–Trinajstić information content (AvgIpc) is 2.56. The number of methoxy groups -OCH3 is 2. The van der Waals surface area contributed by atoms with Crippen molar-refractivity contribution in [2.24, 2.45) is 0 Å². The Morgan fingerprint density at radius 1 is 1.00 bits per heavy atom. The van der Waals surface area contributed by atoms with Crippen LogP contribution >= 0.6 is 0 Å². The molecule has 0 aromatic heterocycles. The van der Waals surface area contributed by atoms with Gasteiger partial charge in [-0.2, -0.15) is 0 Å². The van der Waals surface area contributed by atoms with Crippen LogP contribution in [0.1, 0.15) is 17.3 Å². The molecule has 0 aliphatic rings. The van der Waals surface area contributed by atoms with Gasteiger partial charge in [0.25, 0.3) is 5.91 Å². The Morgan fingerprint density at radius 3 is 2.38 bits per heavy atom. The molecule has 126 valence electrons. The molecule has 0 saturated heterocycles. The summed E-state index contributed by atoms with van der Waals surface area (Å²) in [4.78, 5) is 23.5. The zero-order valence-corrected chi connectivity index (χ0v) is 13.5. The standard InChI is InChI=1S/C17H17FN2O4/c1-10(21)19-15-8-11(4-6-14(15)18)20-17(22)13-9-12(23-2)5-7-16(13)24-3/h4-9H,1-3H3,(H,19,21)(H,20,22). The molecule has 0 heterocycles. The van der Waals surface area contributed by atoms with Crippen LogP contribution in [0.2, 0.25) is 0 Å². The second kappa shape index (κ2) is 7.45. The summed E-state index contributed by atoms with van der Waals surface area (Å²) in [6.07, 6.45) is 0. The molecule has 0 spiro atoms. The number of ether oxygens (including phenoxy) is 2. The second-order valence-corrected chi connectivity index (χ2v) is 4.90. The molecule has 2 amide bonds. The Morgan fingerprint density at radius 2 is 1.75 bits per heavy atom. The van der Waals surface area contributed by atoms with E-state index in [-0.39, 0.29) is 11.3 Å². The quantitative estimate of drug-likeness (QED) is 0.882. The summed E-state index contributed by atoms with van der Waals surface area (Å²) < 4.78 is 23.9. The summed E-state index contributed by atoms with van der Waals surface area (Å²) in [5.74, 6) is -0.586. The van der Waals surface area contributed by atoms with Crippen molar-refractivity contribution in [1.29, 1.82) is 0 Å². The fourth-order valence-corrected chi connectivity index (χ4v) is 2.08. The van der Waals surface area contributed by atoms with Gasteiger partial charge < -0.3 is 20.1 Å². The van der Waals surface area contributed by atoms with Gasteiger partial charge in [0, 0.05) is 12.6 Å². The van der Waals surface area contributed by atoms with Gasteiger partial charge in [0.1, 0.15) is 17.3 Å². The number of rotatable bonds is 5. The number of hydrogen-bond donors (Lipinski definition) is 2. The SMILES string of the molecule is COc1ccc(OC)c(C(=O)Nc2ccc(F)c(NC(C)=O)c2)c1. The van der Waals surface area contributed by atoms with E-state index in [4.69, 9.17) is 9.47 Å². The number of halogens is 1. The minimum absolute atomic E-state index is 0.0158. The predicted molar refractivity (Wildman–Crippen MR) is 88.2 cm³/mol. The number of carbonyl (C=O) groups is 2. The van der Waals surface area contributed by atoms with Gasteiger partial charge in [0.05, 0.1) is 25.5 Å². The molecule has 7 heteroatoms. The third-order valence-corrected chi connectivity index (χ3v) is 3.19. The molecular weight excluding hydrogens is 315 g/mol. The lowest BCUT2D eigenvalue weighted by Crippen LogP contribution is -2.14. The van der Waals surface area contributed by atoms with Crippen molar-refractivity contribution in [1.82, 2.24) is 0 Å². The van der Waals surface area contributed by atoms with Crippen molar-refractivity contribution in [3.63, 3.8) is 0 Å². The zero-order valence-electron chi connectivity index (χ0n) is 13.5. The highest BCUT2D eigenvalue weighted by Crippen LogP contribution is 2.26. The fourth-order valence-electron chi connectivity index (χ4n) is 2.08. The van der Waals surface area contributed by atoms with E-state index in [1.165, 1.54) is 39.3 Å². The summed E-state index contributed by atoms with van der Waals surface area (Å²) in [5.41, 5.74) is 0.579. The molecule has 0 aliphatic heterocycles. The van der Waals surface area contributed by atoms with Gasteiger partial charge in [0.2, 0.25) is 5.91 Å². The maximum absolute atomic E-state index is 13.6. The molecule has 6 nitrogen and oxygen atoms in total. The Labute approximate surface area is 138 Å².